The predicted octanol–water partition coefficient (Wildman–Crippen LogP) is 4.24. The fourth-order valence-corrected chi connectivity index (χ4v) is 3.98. The number of Topliss-reactive ketones (excluding diaryl/α,β-unsaturated/α-hetero) is 1. The number of amides is 1. The summed E-state index contributed by atoms with van der Waals surface area (Å²) in [7, 11) is 1.61. The molecule has 0 spiro atoms. The van der Waals surface area contributed by atoms with Crippen molar-refractivity contribution in [1.29, 1.82) is 0 Å². The highest BCUT2D eigenvalue weighted by molar-refractivity contribution is 8.00. The molecule has 26 heavy (non-hydrogen) atoms. The van der Waals surface area contributed by atoms with E-state index in [0.29, 0.717) is 29.2 Å². The summed E-state index contributed by atoms with van der Waals surface area (Å²) in [5.74, 6) is 1.27. The summed E-state index contributed by atoms with van der Waals surface area (Å²) in [6, 6.07) is 5.75. The molecule has 0 saturated heterocycles. The van der Waals surface area contributed by atoms with Crippen LogP contribution >= 0.6 is 11.8 Å². The first-order chi connectivity index (χ1) is 12.6. The largest absolute Gasteiger partial charge is 0.495 e. The number of nitrogens with one attached hydrogen (secondary N) is 2. The number of anilines is 3. The van der Waals surface area contributed by atoms with E-state index in [-0.39, 0.29) is 17.6 Å². The Labute approximate surface area is 155 Å². The number of fused-ring (bicyclic) bond motifs is 2. The topological polar surface area (TPSA) is 80.3 Å². The minimum Gasteiger partial charge on any atom is -0.495 e. The summed E-state index contributed by atoms with van der Waals surface area (Å²) in [5.41, 5.74) is 2.03. The first-order valence-corrected chi connectivity index (χ1v) is 9.43. The molecule has 1 fully saturated rings. The second-order valence-electron chi connectivity index (χ2n) is 6.33. The van der Waals surface area contributed by atoms with Gasteiger partial charge in [-0.3, -0.25) is 9.59 Å². The van der Waals surface area contributed by atoms with Crippen molar-refractivity contribution in [3.05, 3.63) is 30.0 Å². The fraction of sp³-hybridized carbons (Fsp3) is 0.316. The van der Waals surface area contributed by atoms with Crippen molar-refractivity contribution in [3.8, 4) is 5.75 Å². The van der Waals surface area contributed by atoms with Crippen LogP contribution in [0.25, 0.3) is 0 Å². The van der Waals surface area contributed by atoms with E-state index in [1.165, 1.54) is 11.8 Å². The molecule has 1 aliphatic heterocycles. The first kappa shape index (κ1) is 16.9. The lowest BCUT2D eigenvalue weighted by Gasteiger charge is -2.25. The van der Waals surface area contributed by atoms with Crippen molar-refractivity contribution in [3.63, 3.8) is 0 Å². The van der Waals surface area contributed by atoms with E-state index in [1.54, 1.807) is 13.3 Å². The number of aromatic nitrogens is 1. The molecular weight excluding hydrogens is 350 g/mol. The Kier molecular flexibility index (Phi) is 4.32. The number of ether oxygens (including phenoxy) is 1. The minimum absolute atomic E-state index is 0.000248. The molecule has 2 aromatic rings. The molecule has 134 valence electrons. The van der Waals surface area contributed by atoms with Gasteiger partial charge in [0.05, 0.1) is 28.9 Å². The Morgan fingerprint density at radius 1 is 1.35 bits per heavy atom. The van der Waals surface area contributed by atoms with Crippen LogP contribution in [0.5, 0.6) is 5.75 Å². The number of para-hydroxylation sites is 1. The lowest BCUT2D eigenvalue weighted by molar-refractivity contribution is -0.117. The summed E-state index contributed by atoms with van der Waals surface area (Å²) in [6.07, 6.45) is 3.77. The Bertz CT molecular complexity index is 909. The third-order valence-corrected chi connectivity index (χ3v) is 5.68. The first-order valence-electron chi connectivity index (χ1n) is 8.61. The summed E-state index contributed by atoms with van der Waals surface area (Å²) < 4.78 is 5.44. The Morgan fingerprint density at radius 3 is 2.85 bits per heavy atom. The van der Waals surface area contributed by atoms with Crippen molar-refractivity contribution >= 4 is 40.6 Å². The van der Waals surface area contributed by atoms with Gasteiger partial charge in [0.15, 0.2) is 5.78 Å². The normalized spacial score (nSPS) is 14.7. The molecule has 4 rings (SSSR count). The molecule has 2 heterocycles. The van der Waals surface area contributed by atoms with Crippen molar-refractivity contribution in [2.75, 3.05) is 17.7 Å². The van der Waals surface area contributed by atoms with Crippen molar-refractivity contribution in [2.45, 2.75) is 36.0 Å². The van der Waals surface area contributed by atoms with Crippen molar-refractivity contribution < 1.29 is 14.3 Å². The molecule has 0 atom stereocenters. The van der Waals surface area contributed by atoms with E-state index in [1.807, 2.05) is 25.1 Å². The molecule has 0 unspecified atom stereocenters. The van der Waals surface area contributed by atoms with Gasteiger partial charge in [0, 0.05) is 23.4 Å². The maximum absolute atomic E-state index is 12.4. The van der Waals surface area contributed by atoms with E-state index in [2.05, 4.69) is 15.6 Å². The van der Waals surface area contributed by atoms with Gasteiger partial charge in [0.25, 0.3) is 0 Å². The van der Waals surface area contributed by atoms with Crippen LogP contribution in [-0.2, 0) is 4.79 Å². The fourth-order valence-electron chi connectivity index (χ4n) is 2.90. The number of nitrogens with zero attached hydrogens (tertiary/aromatic N) is 1. The molecule has 2 aliphatic rings. The summed E-state index contributed by atoms with van der Waals surface area (Å²) in [4.78, 5) is 30.7. The summed E-state index contributed by atoms with van der Waals surface area (Å²) in [5, 5.41) is 6.27. The molecule has 1 aliphatic carbocycles. The van der Waals surface area contributed by atoms with Crippen LogP contribution < -0.4 is 15.4 Å². The number of rotatable bonds is 5. The standard InChI is InChI=1S/C19H19N3O3S/c1-3-12(23)11-9-20-18(22-19(24)10-7-8-10)17-15(11)21-16-13(25-2)5-4-6-14(16)26-17/h4-6,9-10,21H,3,7-8H2,1-2H3,(H,20,22,24). The van der Waals surface area contributed by atoms with Crippen LogP contribution in [0.3, 0.4) is 0 Å². The maximum Gasteiger partial charge on any atom is 0.228 e. The molecule has 0 bridgehead atoms. The van der Waals surface area contributed by atoms with Crippen LogP contribution in [0.2, 0.25) is 0 Å². The number of carbonyl (C=O) groups excluding carboxylic acids is 2. The van der Waals surface area contributed by atoms with E-state index in [4.69, 9.17) is 4.74 Å². The Hall–Kier alpha value is -2.54. The molecule has 1 saturated carbocycles. The van der Waals surface area contributed by atoms with E-state index in [9.17, 15) is 9.59 Å². The van der Waals surface area contributed by atoms with Gasteiger partial charge < -0.3 is 15.4 Å². The van der Waals surface area contributed by atoms with Crippen LogP contribution in [0.1, 0.15) is 36.5 Å². The van der Waals surface area contributed by atoms with E-state index < -0.39 is 0 Å². The molecule has 1 amide bonds. The quantitative estimate of drug-likeness (QED) is 0.655. The molecule has 1 aromatic carbocycles. The average molecular weight is 369 g/mol. The van der Waals surface area contributed by atoms with Gasteiger partial charge in [0.1, 0.15) is 11.6 Å². The Morgan fingerprint density at radius 2 is 2.15 bits per heavy atom. The zero-order valence-corrected chi connectivity index (χ0v) is 15.4. The number of methoxy groups -OCH3 is 1. The zero-order valence-electron chi connectivity index (χ0n) is 14.6. The van der Waals surface area contributed by atoms with Gasteiger partial charge in [0.2, 0.25) is 5.91 Å². The monoisotopic (exact) mass is 369 g/mol. The second-order valence-corrected chi connectivity index (χ2v) is 7.38. The predicted molar refractivity (Wildman–Crippen MR) is 101 cm³/mol. The Balaban J connectivity index is 1.80. The highest BCUT2D eigenvalue weighted by atomic mass is 32.2. The number of ketones is 1. The molecule has 2 N–H and O–H groups in total. The number of benzene rings is 1. The zero-order chi connectivity index (χ0) is 18.3. The highest BCUT2D eigenvalue weighted by Crippen LogP contribution is 2.51. The molecule has 7 heteroatoms. The van der Waals surface area contributed by atoms with Crippen LogP contribution in [-0.4, -0.2) is 23.8 Å². The van der Waals surface area contributed by atoms with E-state index >= 15 is 0 Å². The van der Waals surface area contributed by atoms with Gasteiger partial charge in [-0.1, -0.05) is 24.8 Å². The van der Waals surface area contributed by atoms with Gasteiger partial charge in [-0.25, -0.2) is 4.98 Å². The molecule has 6 nitrogen and oxygen atoms in total. The maximum atomic E-state index is 12.4. The SMILES string of the molecule is CCC(=O)c1cnc(NC(=O)C2CC2)c2c1Nc1c(OC)cccc1S2. The lowest BCUT2D eigenvalue weighted by atomic mass is 10.1. The smallest absolute Gasteiger partial charge is 0.228 e. The number of hydrogen-bond donors (Lipinski definition) is 2. The third-order valence-electron chi connectivity index (χ3n) is 4.52. The summed E-state index contributed by atoms with van der Waals surface area (Å²) in [6.45, 7) is 1.82. The molecule has 0 radical (unpaired) electrons. The van der Waals surface area contributed by atoms with Gasteiger partial charge in [-0.15, -0.1) is 0 Å². The van der Waals surface area contributed by atoms with Crippen LogP contribution in [0.4, 0.5) is 17.2 Å². The number of hydrogen-bond acceptors (Lipinski definition) is 6. The van der Waals surface area contributed by atoms with E-state index in [0.717, 1.165) is 28.3 Å². The lowest BCUT2D eigenvalue weighted by Crippen LogP contribution is -2.17. The molecule has 1 aromatic heterocycles. The van der Waals surface area contributed by atoms with Crippen molar-refractivity contribution in [2.24, 2.45) is 5.92 Å². The van der Waals surface area contributed by atoms with Gasteiger partial charge >= 0.3 is 0 Å². The van der Waals surface area contributed by atoms with Crippen molar-refractivity contribution in [1.82, 2.24) is 4.98 Å². The average Bonchev–Trinajstić information content (AvgIpc) is 3.51. The minimum atomic E-state index is -0.00805. The third kappa shape index (κ3) is 2.92. The van der Waals surface area contributed by atoms with Gasteiger partial charge in [-0.2, -0.15) is 0 Å². The highest BCUT2D eigenvalue weighted by Gasteiger charge is 2.32. The van der Waals surface area contributed by atoms with Crippen LogP contribution in [0.15, 0.2) is 34.2 Å². The number of pyridine rings is 1. The summed E-state index contributed by atoms with van der Waals surface area (Å²) >= 11 is 1.48. The number of carbonyl (C=O) groups is 2. The van der Waals surface area contributed by atoms with Gasteiger partial charge in [-0.05, 0) is 25.0 Å². The molecular formula is C19H19N3O3S. The van der Waals surface area contributed by atoms with Crippen LogP contribution in [0, 0.1) is 5.92 Å². The second kappa shape index (κ2) is 6.64.